The monoisotopic (exact) mass is 650 g/mol. The summed E-state index contributed by atoms with van der Waals surface area (Å²) < 4.78 is 28.9. The van der Waals surface area contributed by atoms with Crippen molar-refractivity contribution in [2.24, 2.45) is 4.74 Å². The number of fused-ring (bicyclic) bond motifs is 2. The highest BCUT2D eigenvalue weighted by Crippen LogP contribution is 2.41. The lowest BCUT2D eigenvalue weighted by Crippen LogP contribution is -2.20. The van der Waals surface area contributed by atoms with Crippen molar-refractivity contribution < 1.29 is 33.5 Å². The van der Waals surface area contributed by atoms with Crippen molar-refractivity contribution in [3.63, 3.8) is 0 Å². The van der Waals surface area contributed by atoms with E-state index in [0.29, 0.717) is 16.6 Å². The number of anilines is 1. The molecule has 5 atom stereocenters. The van der Waals surface area contributed by atoms with E-state index in [9.17, 15) is 14.8 Å². The van der Waals surface area contributed by atoms with Crippen LogP contribution in [0.25, 0.3) is 21.9 Å². The number of aliphatic hydroxyl groups is 1. The second-order valence-electron chi connectivity index (χ2n) is 10.3. The summed E-state index contributed by atoms with van der Waals surface area (Å²) in [6, 6.07) is 19.1. The number of aliphatic hydroxyl groups excluding tert-OH is 1. The zero-order valence-corrected chi connectivity index (χ0v) is 25.5. The van der Waals surface area contributed by atoms with Crippen LogP contribution in [0.15, 0.2) is 77.8 Å². The van der Waals surface area contributed by atoms with E-state index in [-0.39, 0.29) is 42.2 Å². The van der Waals surface area contributed by atoms with Gasteiger partial charge in [0.05, 0.1) is 12.4 Å². The lowest BCUT2D eigenvalue weighted by atomic mass is 10.1. The minimum atomic E-state index is -2.69. The van der Waals surface area contributed by atoms with E-state index in [1.165, 1.54) is 13.3 Å². The molecule has 1 aliphatic heterocycles. The number of ether oxygens (including phenoxy) is 3. The summed E-state index contributed by atoms with van der Waals surface area (Å²) in [6.07, 6.45) is -0.562. The summed E-state index contributed by atoms with van der Waals surface area (Å²) in [5.41, 5.74) is 7.40. The Morgan fingerprint density at radius 1 is 1.20 bits per heavy atom. The SMILES string of the molecule is C[C@@H](N=[P+]([O-])Oc1c(OC[C@@H]2C[C@@H](O)[C@H](n3cnc4c(N)nc(Cl)nc43)O2)ccc2ccccc12)C(=O)OCc1ccccc1. The summed E-state index contributed by atoms with van der Waals surface area (Å²) in [5.74, 6) is -0.0360. The Kier molecular flexibility index (Phi) is 9.06. The number of hydrogen-bond acceptors (Lipinski definition) is 12. The van der Waals surface area contributed by atoms with Gasteiger partial charge in [-0.05, 0) is 35.5 Å². The van der Waals surface area contributed by atoms with E-state index in [1.54, 1.807) is 16.7 Å². The first-order valence-electron chi connectivity index (χ1n) is 14.0. The highest BCUT2D eigenvalue weighted by Gasteiger charge is 2.37. The first kappa shape index (κ1) is 30.6. The second kappa shape index (κ2) is 13.3. The van der Waals surface area contributed by atoms with Crippen LogP contribution in [0.1, 0.15) is 25.1 Å². The third kappa shape index (κ3) is 6.82. The van der Waals surface area contributed by atoms with Crippen molar-refractivity contribution in [1.82, 2.24) is 19.5 Å². The Morgan fingerprint density at radius 2 is 1.98 bits per heavy atom. The van der Waals surface area contributed by atoms with Gasteiger partial charge >= 0.3 is 14.1 Å². The molecule has 0 bridgehead atoms. The molecule has 0 radical (unpaired) electrons. The molecule has 1 unspecified atom stereocenters. The lowest BCUT2D eigenvalue weighted by molar-refractivity contribution is -0.169. The van der Waals surface area contributed by atoms with Crippen LogP contribution in [-0.4, -0.2) is 55.5 Å². The molecule has 13 nitrogen and oxygen atoms in total. The smallest absolute Gasteiger partial charge is 0.395 e. The quantitative estimate of drug-likeness (QED) is 0.125. The molecule has 1 aliphatic rings. The van der Waals surface area contributed by atoms with Crippen molar-refractivity contribution in [2.75, 3.05) is 12.3 Å². The molecule has 3 N–H and O–H groups in total. The second-order valence-corrected chi connectivity index (χ2v) is 11.5. The number of imidazole rings is 1. The fourth-order valence-corrected chi connectivity index (χ4v) is 5.88. The molecule has 1 fully saturated rings. The molecule has 5 aromatic rings. The molecule has 0 amide bonds. The number of halogens is 1. The highest BCUT2D eigenvalue weighted by molar-refractivity contribution is 7.34. The zero-order valence-electron chi connectivity index (χ0n) is 23.9. The van der Waals surface area contributed by atoms with E-state index in [1.807, 2.05) is 54.6 Å². The number of nitrogens with zero attached hydrogens (tertiary/aromatic N) is 5. The molecule has 0 spiro atoms. The maximum Gasteiger partial charge on any atom is 0.395 e. The summed E-state index contributed by atoms with van der Waals surface area (Å²) in [7, 11) is -2.69. The largest absolute Gasteiger partial charge is 0.575 e. The average Bonchev–Trinajstić information content (AvgIpc) is 3.62. The van der Waals surface area contributed by atoms with Gasteiger partial charge in [-0.3, -0.25) is 9.09 Å². The Bertz CT molecular complexity index is 1870. The number of benzene rings is 3. The number of hydrogen-bond donors (Lipinski definition) is 2. The average molecular weight is 651 g/mol. The summed E-state index contributed by atoms with van der Waals surface area (Å²) in [4.78, 5) is 37.8. The molecule has 0 aliphatic carbocycles. The van der Waals surface area contributed by atoms with Gasteiger partial charge < -0.3 is 29.9 Å². The number of carbonyl (C=O) groups excluding carboxylic acids is 1. The predicted molar refractivity (Wildman–Crippen MR) is 164 cm³/mol. The normalized spacial score (nSPS) is 19.1. The molecule has 3 aromatic carbocycles. The molecule has 15 heteroatoms. The van der Waals surface area contributed by atoms with Crippen molar-refractivity contribution in [3.8, 4) is 11.5 Å². The molecule has 45 heavy (non-hydrogen) atoms. The van der Waals surface area contributed by atoms with Crippen LogP contribution in [0.4, 0.5) is 5.82 Å². The summed E-state index contributed by atoms with van der Waals surface area (Å²) >= 11 is 5.99. The van der Waals surface area contributed by atoms with E-state index < -0.39 is 38.6 Å². The molecule has 2 aromatic heterocycles. The van der Waals surface area contributed by atoms with Gasteiger partial charge in [0, 0.05) is 11.8 Å². The molecule has 0 saturated carbocycles. The van der Waals surface area contributed by atoms with Gasteiger partial charge in [-0.15, -0.1) is 0 Å². The van der Waals surface area contributed by atoms with Gasteiger partial charge in [0.1, 0.15) is 24.8 Å². The Labute approximate surface area is 263 Å². The van der Waals surface area contributed by atoms with Crippen LogP contribution < -0.4 is 19.9 Å². The number of esters is 1. The van der Waals surface area contributed by atoms with Crippen LogP contribution >= 0.6 is 19.8 Å². The topological polar surface area (TPSA) is 179 Å². The van der Waals surface area contributed by atoms with E-state index in [2.05, 4.69) is 19.7 Å². The van der Waals surface area contributed by atoms with Crippen molar-refractivity contribution >= 4 is 53.5 Å². The van der Waals surface area contributed by atoms with Gasteiger partial charge in [-0.25, -0.2) is 9.78 Å². The Balaban J connectivity index is 1.16. The standard InChI is InChI=1S/C30H28ClN6O7P/c1-17(29(39)42-14-18-7-3-2-4-8-18)36-45(40)44-25-21-10-6-5-9-19(21)11-12-23(25)41-15-20-13-22(38)28(43-20)37-16-33-24-26(32)34-30(31)35-27(24)37/h2-12,16-17,20,22,28,38H,13-15H2,1H3,(H2,32,34,35)/t17-,20+,22-,28-/m1/s1. The number of rotatable bonds is 10. The summed E-state index contributed by atoms with van der Waals surface area (Å²) in [6.45, 7) is 1.59. The molecule has 6 rings (SSSR count). The molecule has 232 valence electrons. The van der Waals surface area contributed by atoms with Crippen LogP contribution in [0.3, 0.4) is 0 Å². The van der Waals surface area contributed by atoms with E-state index in [0.717, 1.165) is 10.9 Å². The predicted octanol–water partition coefficient (Wildman–Crippen LogP) is 4.31. The summed E-state index contributed by atoms with van der Waals surface area (Å²) in [5, 5.41) is 12.2. The van der Waals surface area contributed by atoms with Crippen molar-refractivity contribution in [3.05, 3.63) is 83.9 Å². The van der Waals surface area contributed by atoms with E-state index >= 15 is 0 Å². The zero-order chi connectivity index (χ0) is 31.5. The van der Waals surface area contributed by atoms with Crippen molar-refractivity contribution in [2.45, 2.75) is 44.4 Å². The highest BCUT2D eigenvalue weighted by atomic mass is 35.5. The van der Waals surface area contributed by atoms with Crippen LogP contribution in [-0.2, 0) is 20.9 Å². The maximum absolute atomic E-state index is 13.0. The minimum absolute atomic E-state index is 0.0307. The third-order valence-corrected chi connectivity index (χ3v) is 8.17. The maximum atomic E-state index is 13.0. The fraction of sp³-hybridized carbons (Fsp3) is 0.267. The number of nitrogens with two attached hydrogens (primary N) is 1. The van der Waals surface area contributed by atoms with Gasteiger partial charge in [0.2, 0.25) is 11.0 Å². The third-order valence-electron chi connectivity index (χ3n) is 7.13. The van der Waals surface area contributed by atoms with E-state index in [4.69, 9.17) is 36.1 Å². The van der Waals surface area contributed by atoms with Gasteiger partial charge in [-0.2, -0.15) is 9.97 Å². The Morgan fingerprint density at radius 3 is 2.80 bits per heavy atom. The van der Waals surface area contributed by atoms with Crippen LogP contribution in [0.2, 0.25) is 5.28 Å². The fourth-order valence-electron chi connectivity index (χ4n) is 4.94. The molecule has 3 heterocycles. The lowest BCUT2D eigenvalue weighted by Gasteiger charge is -2.18. The van der Waals surface area contributed by atoms with Crippen LogP contribution in [0, 0.1) is 0 Å². The molecular weight excluding hydrogens is 623 g/mol. The van der Waals surface area contributed by atoms with Gasteiger partial charge in [0.15, 0.2) is 29.5 Å². The molecular formula is C30H28ClN6O7P. The molecule has 1 saturated heterocycles. The number of aromatic nitrogens is 4. The minimum Gasteiger partial charge on any atom is -0.575 e. The Hall–Kier alpha value is -4.39. The first-order valence-corrected chi connectivity index (χ1v) is 15.5. The van der Waals surface area contributed by atoms with Gasteiger partial charge in [-0.1, -0.05) is 65.4 Å². The van der Waals surface area contributed by atoms with Gasteiger partial charge in [0.25, 0.3) is 0 Å². The number of nitrogen functional groups attached to an aromatic ring is 1. The van der Waals surface area contributed by atoms with Crippen LogP contribution in [0.5, 0.6) is 11.5 Å². The number of carbonyl (C=O) groups is 1. The van der Waals surface area contributed by atoms with Crippen molar-refractivity contribution in [1.29, 1.82) is 0 Å². The first-order chi connectivity index (χ1) is 21.8.